The van der Waals surface area contributed by atoms with Gasteiger partial charge in [-0.3, -0.25) is 14.5 Å². The third-order valence-corrected chi connectivity index (χ3v) is 3.22. The second-order valence-corrected chi connectivity index (χ2v) is 4.51. The molecule has 1 fully saturated rings. The topological polar surface area (TPSA) is 46.6 Å². The average Bonchev–Trinajstić information content (AvgIpc) is 2.39. The highest BCUT2D eigenvalue weighted by atomic mass is 16.5. The number of nitrogens with zero attached hydrogens (tertiary/aromatic N) is 1. The first kappa shape index (κ1) is 12.8. The number of esters is 1. The van der Waals surface area contributed by atoms with Crippen molar-refractivity contribution in [3.05, 3.63) is 35.9 Å². The summed E-state index contributed by atoms with van der Waals surface area (Å²) in [5.74, 6) is -0.0653. The molecule has 0 aliphatic carbocycles. The molecule has 0 amide bonds. The van der Waals surface area contributed by atoms with E-state index in [1.807, 2.05) is 35.2 Å². The predicted molar refractivity (Wildman–Crippen MR) is 66.9 cm³/mol. The highest BCUT2D eigenvalue weighted by Gasteiger charge is 2.32. The van der Waals surface area contributed by atoms with Crippen molar-refractivity contribution >= 4 is 11.8 Å². The van der Waals surface area contributed by atoms with Crippen molar-refractivity contribution in [1.29, 1.82) is 0 Å². The maximum Gasteiger partial charge on any atom is 0.323 e. The number of rotatable bonds is 3. The fraction of sp³-hybridized carbons (Fsp3) is 0.429. The summed E-state index contributed by atoms with van der Waals surface area (Å²) >= 11 is 0. The molecule has 18 heavy (non-hydrogen) atoms. The summed E-state index contributed by atoms with van der Waals surface area (Å²) in [5.41, 5.74) is 1.10. The molecule has 0 bridgehead atoms. The fourth-order valence-electron chi connectivity index (χ4n) is 2.28. The minimum Gasteiger partial charge on any atom is -0.468 e. The standard InChI is InChI=1S/C14H17NO3/c1-18-14(17)13-8-7-12(16)10-15(13)9-11-5-3-2-4-6-11/h2-6,13H,7-10H2,1H3/t13-/m0/s1. The Hall–Kier alpha value is -1.68. The van der Waals surface area contributed by atoms with Crippen molar-refractivity contribution in [3.8, 4) is 0 Å². The Morgan fingerprint density at radius 2 is 2.11 bits per heavy atom. The molecule has 0 N–H and O–H groups in total. The van der Waals surface area contributed by atoms with Gasteiger partial charge in [0.2, 0.25) is 0 Å². The number of benzene rings is 1. The smallest absolute Gasteiger partial charge is 0.323 e. The molecular formula is C14H17NO3. The van der Waals surface area contributed by atoms with Gasteiger partial charge in [0.1, 0.15) is 11.8 Å². The van der Waals surface area contributed by atoms with Gasteiger partial charge in [-0.1, -0.05) is 30.3 Å². The Balaban J connectivity index is 2.10. The van der Waals surface area contributed by atoms with Crippen molar-refractivity contribution in [2.75, 3.05) is 13.7 Å². The molecule has 1 aliphatic heterocycles. The van der Waals surface area contributed by atoms with E-state index in [4.69, 9.17) is 4.74 Å². The van der Waals surface area contributed by atoms with E-state index in [-0.39, 0.29) is 17.8 Å². The second-order valence-electron chi connectivity index (χ2n) is 4.51. The molecule has 1 aromatic carbocycles. The van der Waals surface area contributed by atoms with Crippen LogP contribution >= 0.6 is 0 Å². The molecule has 4 heteroatoms. The molecule has 0 saturated carbocycles. The maximum absolute atomic E-state index is 11.7. The molecule has 1 aliphatic rings. The second kappa shape index (κ2) is 5.78. The van der Waals surface area contributed by atoms with Gasteiger partial charge in [0, 0.05) is 13.0 Å². The average molecular weight is 247 g/mol. The van der Waals surface area contributed by atoms with Gasteiger partial charge in [0.05, 0.1) is 13.7 Å². The molecule has 0 aromatic heterocycles. The third-order valence-electron chi connectivity index (χ3n) is 3.22. The van der Waals surface area contributed by atoms with Gasteiger partial charge in [-0.15, -0.1) is 0 Å². The van der Waals surface area contributed by atoms with E-state index in [0.29, 0.717) is 25.9 Å². The largest absolute Gasteiger partial charge is 0.468 e. The molecule has 1 saturated heterocycles. The van der Waals surface area contributed by atoms with Crippen LogP contribution in [0.3, 0.4) is 0 Å². The SMILES string of the molecule is COC(=O)[C@@H]1CCC(=O)CN1Cc1ccccc1. The lowest BCUT2D eigenvalue weighted by molar-refractivity contribution is -0.149. The Bertz CT molecular complexity index is 430. The Labute approximate surface area is 107 Å². The van der Waals surface area contributed by atoms with Crippen molar-refractivity contribution in [3.63, 3.8) is 0 Å². The summed E-state index contributed by atoms with van der Waals surface area (Å²) in [7, 11) is 1.39. The van der Waals surface area contributed by atoms with Crippen LogP contribution in [0, 0.1) is 0 Å². The number of Topliss-reactive ketones (excluding diaryl/α,β-unsaturated/α-hetero) is 1. The van der Waals surface area contributed by atoms with E-state index in [9.17, 15) is 9.59 Å². The highest BCUT2D eigenvalue weighted by molar-refractivity contribution is 5.85. The van der Waals surface area contributed by atoms with Crippen LogP contribution in [0.2, 0.25) is 0 Å². The van der Waals surface area contributed by atoms with Crippen molar-refractivity contribution in [2.45, 2.75) is 25.4 Å². The minimum absolute atomic E-state index is 0.186. The zero-order valence-corrected chi connectivity index (χ0v) is 10.5. The van der Waals surface area contributed by atoms with Gasteiger partial charge in [-0.2, -0.15) is 0 Å². The number of ketones is 1. The van der Waals surface area contributed by atoms with E-state index in [1.165, 1.54) is 7.11 Å². The summed E-state index contributed by atoms with van der Waals surface area (Å²) in [6, 6.07) is 9.54. The number of likely N-dealkylation sites (tertiary alicyclic amines) is 1. The van der Waals surface area contributed by atoms with Crippen LogP contribution < -0.4 is 0 Å². The van der Waals surface area contributed by atoms with Gasteiger partial charge in [0.25, 0.3) is 0 Å². The normalized spacial score (nSPS) is 20.7. The van der Waals surface area contributed by atoms with E-state index >= 15 is 0 Å². The van der Waals surface area contributed by atoms with Gasteiger partial charge in [0.15, 0.2) is 0 Å². The Morgan fingerprint density at radius 3 is 2.78 bits per heavy atom. The lowest BCUT2D eigenvalue weighted by Crippen LogP contribution is -2.47. The van der Waals surface area contributed by atoms with E-state index in [1.54, 1.807) is 0 Å². The Kier molecular flexibility index (Phi) is 4.10. The first-order chi connectivity index (χ1) is 8.70. The molecule has 1 heterocycles. The van der Waals surface area contributed by atoms with Crippen LogP contribution in [0.15, 0.2) is 30.3 Å². The van der Waals surface area contributed by atoms with Gasteiger partial charge in [-0.25, -0.2) is 0 Å². The molecule has 96 valence electrons. The van der Waals surface area contributed by atoms with Gasteiger partial charge in [-0.05, 0) is 12.0 Å². The lowest BCUT2D eigenvalue weighted by Gasteiger charge is -2.32. The molecule has 2 rings (SSSR count). The number of ether oxygens (including phenoxy) is 1. The summed E-state index contributed by atoms with van der Waals surface area (Å²) in [4.78, 5) is 25.1. The van der Waals surface area contributed by atoms with E-state index in [2.05, 4.69) is 0 Å². The van der Waals surface area contributed by atoms with Crippen molar-refractivity contribution in [1.82, 2.24) is 4.90 Å². The zero-order valence-electron chi connectivity index (χ0n) is 10.5. The number of carbonyl (C=O) groups is 2. The number of methoxy groups -OCH3 is 1. The first-order valence-electron chi connectivity index (χ1n) is 6.08. The summed E-state index contributed by atoms with van der Waals surface area (Å²) < 4.78 is 4.80. The summed E-state index contributed by atoms with van der Waals surface area (Å²) in [6.07, 6.45) is 1.02. The van der Waals surface area contributed by atoms with Crippen molar-refractivity contribution in [2.24, 2.45) is 0 Å². The molecular weight excluding hydrogens is 230 g/mol. The predicted octanol–water partition coefficient (Wildman–Crippen LogP) is 1.39. The molecule has 0 radical (unpaired) electrons. The molecule has 1 atom stereocenters. The number of hydrogen-bond acceptors (Lipinski definition) is 4. The Morgan fingerprint density at radius 1 is 1.39 bits per heavy atom. The van der Waals surface area contributed by atoms with Crippen LogP contribution in [0.4, 0.5) is 0 Å². The monoisotopic (exact) mass is 247 g/mol. The summed E-state index contributed by atoms with van der Waals surface area (Å²) in [5, 5.41) is 0. The van der Waals surface area contributed by atoms with Crippen LogP contribution in [-0.2, 0) is 20.9 Å². The van der Waals surface area contributed by atoms with Gasteiger partial charge < -0.3 is 4.74 Å². The van der Waals surface area contributed by atoms with Crippen molar-refractivity contribution < 1.29 is 14.3 Å². The van der Waals surface area contributed by atoms with Crippen LogP contribution in [0.25, 0.3) is 0 Å². The highest BCUT2D eigenvalue weighted by Crippen LogP contribution is 2.18. The fourth-order valence-corrected chi connectivity index (χ4v) is 2.28. The first-order valence-corrected chi connectivity index (χ1v) is 6.08. The van der Waals surface area contributed by atoms with E-state index < -0.39 is 0 Å². The van der Waals surface area contributed by atoms with Gasteiger partial charge >= 0.3 is 5.97 Å². The number of carbonyl (C=O) groups excluding carboxylic acids is 2. The van der Waals surface area contributed by atoms with Crippen LogP contribution in [-0.4, -0.2) is 36.3 Å². The minimum atomic E-state index is -0.298. The molecule has 1 aromatic rings. The maximum atomic E-state index is 11.7. The van der Waals surface area contributed by atoms with Crippen LogP contribution in [0.1, 0.15) is 18.4 Å². The molecule has 0 spiro atoms. The zero-order chi connectivity index (χ0) is 13.0. The molecule has 0 unspecified atom stereocenters. The third kappa shape index (κ3) is 2.96. The quantitative estimate of drug-likeness (QED) is 0.757. The van der Waals surface area contributed by atoms with E-state index in [0.717, 1.165) is 5.56 Å². The number of hydrogen-bond donors (Lipinski definition) is 0. The summed E-state index contributed by atoms with van der Waals surface area (Å²) in [6.45, 7) is 0.932. The lowest BCUT2D eigenvalue weighted by atomic mass is 10.0. The molecule has 4 nitrogen and oxygen atoms in total. The number of piperidine rings is 1. The van der Waals surface area contributed by atoms with Crippen LogP contribution in [0.5, 0.6) is 0 Å².